The van der Waals surface area contributed by atoms with Crippen molar-refractivity contribution in [1.82, 2.24) is 5.32 Å². The molecule has 0 spiro atoms. The maximum atomic E-state index is 13.2. The Morgan fingerprint density at radius 2 is 1.90 bits per heavy atom. The van der Waals surface area contributed by atoms with Crippen LogP contribution in [0.1, 0.15) is 37.4 Å². The quantitative estimate of drug-likeness (QED) is 0.809. The largest absolute Gasteiger partial charge is 0.487 e. The first-order valence-electron chi connectivity index (χ1n) is 9.87. The Bertz CT molecular complexity index is 1100. The lowest BCUT2D eigenvalue weighted by Crippen LogP contribution is -2.52. The summed E-state index contributed by atoms with van der Waals surface area (Å²) in [4.78, 5) is 13.2. The van der Waals surface area contributed by atoms with Crippen LogP contribution in [0, 0.1) is 6.92 Å². The molecule has 2 aliphatic heterocycles. The molecule has 2 aliphatic rings. The van der Waals surface area contributed by atoms with Crippen molar-refractivity contribution in [3.05, 3.63) is 53.6 Å². The maximum absolute atomic E-state index is 13.2. The summed E-state index contributed by atoms with van der Waals surface area (Å²) in [5, 5.41) is 3.07. The molecule has 30 heavy (non-hydrogen) atoms. The van der Waals surface area contributed by atoms with Crippen molar-refractivity contribution in [3.8, 4) is 11.5 Å². The van der Waals surface area contributed by atoms with Crippen molar-refractivity contribution in [2.75, 3.05) is 17.1 Å². The fraction of sp³-hybridized carbons (Fsp3) is 0.409. The highest BCUT2D eigenvalue weighted by molar-refractivity contribution is 7.92. The van der Waals surface area contributed by atoms with Gasteiger partial charge in [-0.1, -0.05) is 29.8 Å². The molecule has 0 aliphatic carbocycles. The van der Waals surface area contributed by atoms with Gasteiger partial charge in [-0.3, -0.25) is 9.10 Å². The van der Waals surface area contributed by atoms with Crippen molar-refractivity contribution in [3.63, 3.8) is 0 Å². The smallest absolute Gasteiger partial charge is 0.263 e. The van der Waals surface area contributed by atoms with Gasteiger partial charge >= 0.3 is 0 Å². The molecule has 0 saturated carbocycles. The molecule has 2 heterocycles. The normalized spacial score (nSPS) is 22.2. The van der Waals surface area contributed by atoms with Crippen LogP contribution in [0.5, 0.6) is 11.5 Å². The Morgan fingerprint density at radius 3 is 2.63 bits per heavy atom. The van der Waals surface area contributed by atoms with Gasteiger partial charge in [0, 0.05) is 12.0 Å². The van der Waals surface area contributed by atoms with Crippen LogP contribution in [0.25, 0.3) is 0 Å². The van der Waals surface area contributed by atoms with E-state index in [-0.39, 0.29) is 18.5 Å². The molecule has 2 atom stereocenters. The van der Waals surface area contributed by atoms with E-state index in [4.69, 9.17) is 9.47 Å². The topological polar surface area (TPSA) is 84.9 Å². The summed E-state index contributed by atoms with van der Waals surface area (Å²) in [5.74, 6) is 0.765. The number of anilines is 1. The van der Waals surface area contributed by atoms with E-state index in [1.54, 1.807) is 24.3 Å². The number of rotatable bonds is 3. The summed E-state index contributed by atoms with van der Waals surface area (Å²) < 4.78 is 37.8. The van der Waals surface area contributed by atoms with Crippen molar-refractivity contribution in [1.29, 1.82) is 0 Å². The molecule has 0 aromatic heterocycles. The lowest BCUT2D eigenvalue weighted by Gasteiger charge is -2.39. The SMILES string of the molecule is Cc1ccc2c(c1)[C@H](NC(=O)[C@H]1CN(S(C)(=O)=O)c3ccccc3O1)CC(C)(C)O2. The molecule has 2 aromatic rings. The van der Waals surface area contributed by atoms with E-state index in [1.807, 2.05) is 39.0 Å². The lowest BCUT2D eigenvalue weighted by molar-refractivity contribution is -0.129. The number of ether oxygens (including phenoxy) is 2. The van der Waals surface area contributed by atoms with Gasteiger partial charge in [0.15, 0.2) is 6.10 Å². The van der Waals surface area contributed by atoms with Gasteiger partial charge in [-0.2, -0.15) is 0 Å². The zero-order valence-corrected chi connectivity index (χ0v) is 18.3. The fourth-order valence-electron chi connectivity index (χ4n) is 4.02. The van der Waals surface area contributed by atoms with E-state index in [9.17, 15) is 13.2 Å². The van der Waals surface area contributed by atoms with E-state index in [0.29, 0.717) is 17.9 Å². The number of nitrogens with zero attached hydrogens (tertiary/aromatic N) is 1. The molecular formula is C22H26N2O5S. The van der Waals surface area contributed by atoms with Crippen molar-refractivity contribution in [2.45, 2.75) is 44.9 Å². The molecule has 0 saturated heterocycles. The molecule has 0 radical (unpaired) electrons. The number of aryl methyl sites for hydroxylation is 1. The Morgan fingerprint density at radius 1 is 1.17 bits per heavy atom. The minimum atomic E-state index is -3.56. The average Bonchev–Trinajstić information content (AvgIpc) is 2.66. The van der Waals surface area contributed by atoms with Gasteiger partial charge in [0.2, 0.25) is 10.0 Å². The van der Waals surface area contributed by atoms with E-state index in [1.165, 1.54) is 4.31 Å². The Balaban J connectivity index is 1.61. The lowest BCUT2D eigenvalue weighted by atomic mass is 9.89. The standard InChI is InChI=1S/C22H26N2O5S/c1-14-9-10-18-15(11-14)16(12-22(2,3)29-18)23-21(25)20-13-24(30(4,26)27)17-7-5-6-8-19(17)28-20/h5-11,16,20H,12-13H2,1-4H3,(H,23,25)/t16-,20-/m1/s1. The summed E-state index contributed by atoms with van der Waals surface area (Å²) in [6.07, 6.45) is 0.770. The zero-order chi connectivity index (χ0) is 21.7. The number of hydrogen-bond acceptors (Lipinski definition) is 5. The second-order valence-electron chi connectivity index (χ2n) is 8.54. The van der Waals surface area contributed by atoms with Gasteiger partial charge in [-0.15, -0.1) is 0 Å². The first-order valence-corrected chi connectivity index (χ1v) is 11.7. The minimum absolute atomic E-state index is 0.0744. The highest BCUT2D eigenvalue weighted by atomic mass is 32.2. The maximum Gasteiger partial charge on any atom is 0.263 e. The Labute approximate surface area is 177 Å². The predicted octanol–water partition coefficient (Wildman–Crippen LogP) is 2.94. The van der Waals surface area contributed by atoms with Crippen LogP contribution < -0.4 is 19.1 Å². The van der Waals surface area contributed by atoms with Gasteiger partial charge in [-0.25, -0.2) is 8.42 Å². The van der Waals surface area contributed by atoms with Crippen molar-refractivity contribution in [2.24, 2.45) is 0 Å². The van der Waals surface area contributed by atoms with Crippen LogP contribution in [-0.2, 0) is 14.8 Å². The number of sulfonamides is 1. The third-order valence-corrected chi connectivity index (χ3v) is 6.51. The summed E-state index contributed by atoms with van der Waals surface area (Å²) in [6, 6.07) is 12.5. The number of benzene rings is 2. The number of carbonyl (C=O) groups excluding carboxylic acids is 1. The molecule has 7 nitrogen and oxygen atoms in total. The molecule has 0 bridgehead atoms. The van der Waals surface area contributed by atoms with Crippen LogP contribution in [0.3, 0.4) is 0 Å². The second kappa shape index (κ2) is 7.19. The highest BCUT2D eigenvalue weighted by Crippen LogP contribution is 2.40. The third-order valence-electron chi connectivity index (χ3n) is 5.37. The monoisotopic (exact) mass is 430 g/mol. The number of carbonyl (C=O) groups is 1. The zero-order valence-electron chi connectivity index (χ0n) is 17.5. The first kappa shape index (κ1) is 20.5. The molecular weight excluding hydrogens is 404 g/mol. The molecule has 1 N–H and O–H groups in total. The third kappa shape index (κ3) is 3.96. The molecule has 160 valence electrons. The van der Waals surface area contributed by atoms with E-state index in [2.05, 4.69) is 5.32 Å². The van der Waals surface area contributed by atoms with Gasteiger partial charge in [-0.05, 0) is 39.0 Å². The molecule has 1 amide bonds. The van der Waals surface area contributed by atoms with Crippen LogP contribution in [0.15, 0.2) is 42.5 Å². The molecule has 4 rings (SSSR count). The summed E-state index contributed by atoms with van der Waals surface area (Å²) >= 11 is 0. The van der Waals surface area contributed by atoms with E-state index in [0.717, 1.165) is 23.1 Å². The second-order valence-corrected chi connectivity index (χ2v) is 10.4. The number of amides is 1. The van der Waals surface area contributed by atoms with E-state index >= 15 is 0 Å². The fourth-order valence-corrected chi connectivity index (χ4v) is 4.93. The van der Waals surface area contributed by atoms with Crippen molar-refractivity contribution >= 4 is 21.6 Å². The number of fused-ring (bicyclic) bond motifs is 2. The van der Waals surface area contributed by atoms with Crippen LogP contribution in [-0.4, -0.2) is 38.8 Å². The number of hydrogen-bond donors (Lipinski definition) is 1. The van der Waals surface area contributed by atoms with Gasteiger partial charge in [0.1, 0.15) is 17.1 Å². The minimum Gasteiger partial charge on any atom is -0.487 e. The van der Waals surface area contributed by atoms with Gasteiger partial charge in [0.25, 0.3) is 5.91 Å². The Kier molecular flexibility index (Phi) is 4.92. The Hall–Kier alpha value is -2.74. The molecule has 8 heteroatoms. The van der Waals surface area contributed by atoms with Crippen molar-refractivity contribution < 1.29 is 22.7 Å². The van der Waals surface area contributed by atoms with Crippen LogP contribution in [0.2, 0.25) is 0 Å². The van der Waals surface area contributed by atoms with E-state index < -0.39 is 21.7 Å². The van der Waals surface area contributed by atoms with Gasteiger partial charge < -0.3 is 14.8 Å². The van der Waals surface area contributed by atoms with Crippen LogP contribution >= 0.6 is 0 Å². The van der Waals surface area contributed by atoms with Gasteiger partial charge in [0.05, 0.1) is 24.5 Å². The first-order chi connectivity index (χ1) is 14.0. The summed E-state index contributed by atoms with van der Waals surface area (Å²) in [7, 11) is -3.56. The van der Waals surface area contributed by atoms with Crippen LogP contribution in [0.4, 0.5) is 5.69 Å². The summed E-state index contributed by atoms with van der Waals surface area (Å²) in [5.41, 5.74) is 1.98. The highest BCUT2D eigenvalue weighted by Gasteiger charge is 2.39. The summed E-state index contributed by atoms with van der Waals surface area (Å²) in [6.45, 7) is 5.88. The molecule has 0 unspecified atom stereocenters. The number of para-hydroxylation sites is 2. The molecule has 0 fully saturated rings. The number of nitrogens with one attached hydrogen (secondary N) is 1. The molecule has 2 aromatic carbocycles. The predicted molar refractivity (Wildman–Crippen MR) is 114 cm³/mol. The average molecular weight is 431 g/mol.